The third kappa shape index (κ3) is 3.95. The zero-order chi connectivity index (χ0) is 13.7. The molecule has 0 spiro atoms. The molecule has 0 saturated heterocycles. The summed E-state index contributed by atoms with van der Waals surface area (Å²) in [5.74, 6) is 0.875. The first-order valence-electron chi connectivity index (χ1n) is 7.26. The maximum atomic E-state index is 10.2. The van der Waals surface area contributed by atoms with E-state index < -0.39 is 6.10 Å². The lowest BCUT2D eigenvalue weighted by atomic mass is 10.0. The molecule has 1 atom stereocenters. The van der Waals surface area contributed by atoms with Crippen molar-refractivity contribution in [2.45, 2.75) is 51.2 Å². The molecule has 1 aromatic carbocycles. The first-order chi connectivity index (χ1) is 9.20. The molecule has 0 amide bonds. The lowest BCUT2D eigenvalue weighted by molar-refractivity contribution is 0.165. The van der Waals surface area contributed by atoms with Crippen LogP contribution in [0.2, 0.25) is 0 Å². The van der Waals surface area contributed by atoms with E-state index in [2.05, 4.69) is 5.32 Å². The van der Waals surface area contributed by atoms with Crippen molar-refractivity contribution in [1.29, 1.82) is 0 Å². The molecule has 0 aromatic heterocycles. The van der Waals surface area contributed by atoms with E-state index >= 15 is 0 Å². The monoisotopic (exact) mass is 263 g/mol. The highest BCUT2D eigenvalue weighted by Crippen LogP contribution is 2.24. The molecule has 106 valence electrons. The largest absolute Gasteiger partial charge is 0.496 e. The average Bonchev–Trinajstić information content (AvgIpc) is 2.91. The maximum Gasteiger partial charge on any atom is 0.121 e. The molecule has 19 heavy (non-hydrogen) atoms. The first kappa shape index (κ1) is 14.4. The van der Waals surface area contributed by atoms with Crippen LogP contribution in [0, 0.1) is 6.92 Å². The Balaban J connectivity index is 1.81. The average molecular weight is 263 g/mol. The molecule has 0 radical (unpaired) electrons. The second kappa shape index (κ2) is 6.92. The van der Waals surface area contributed by atoms with Gasteiger partial charge in [-0.05, 0) is 56.0 Å². The minimum Gasteiger partial charge on any atom is -0.496 e. The Bertz CT molecular complexity index is 400. The van der Waals surface area contributed by atoms with Gasteiger partial charge in [0.05, 0.1) is 13.2 Å². The Kier molecular flexibility index (Phi) is 5.23. The number of rotatable bonds is 6. The molecule has 1 unspecified atom stereocenters. The van der Waals surface area contributed by atoms with Crippen LogP contribution in [0.3, 0.4) is 0 Å². The van der Waals surface area contributed by atoms with Crippen LogP contribution >= 0.6 is 0 Å². The van der Waals surface area contributed by atoms with Crippen LogP contribution in [0.4, 0.5) is 0 Å². The van der Waals surface area contributed by atoms with Crippen LogP contribution in [0.1, 0.15) is 49.3 Å². The van der Waals surface area contributed by atoms with Gasteiger partial charge in [-0.1, -0.05) is 18.9 Å². The summed E-state index contributed by atoms with van der Waals surface area (Å²) < 4.78 is 5.23. The molecule has 0 aliphatic heterocycles. The van der Waals surface area contributed by atoms with E-state index in [1.807, 2.05) is 25.1 Å². The van der Waals surface area contributed by atoms with Gasteiger partial charge in [0.15, 0.2) is 0 Å². The number of ether oxygens (including phenoxy) is 1. The summed E-state index contributed by atoms with van der Waals surface area (Å²) >= 11 is 0. The van der Waals surface area contributed by atoms with E-state index in [1.165, 1.54) is 25.7 Å². The highest BCUT2D eigenvalue weighted by Gasteiger charge is 2.15. The molecule has 1 aliphatic rings. The second-order valence-electron chi connectivity index (χ2n) is 5.47. The number of aryl methyl sites for hydroxylation is 1. The van der Waals surface area contributed by atoms with E-state index in [-0.39, 0.29) is 0 Å². The van der Waals surface area contributed by atoms with Crippen molar-refractivity contribution >= 4 is 0 Å². The van der Waals surface area contributed by atoms with E-state index in [4.69, 9.17) is 4.74 Å². The van der Waals surface area contributed by atoms with Gasteiger partial charge in [-0.15, -0.1) is 0 Å². The normalized spacial score (nSPS) is 17.6. The van der Waals surface area contributed by atoms with Crippen molar-refractivity contribution in [2.75, 3.05) is 13.7 Å². The van der Waals surface area contributed by atoms with Crippen LogP contribution in [0.15, 0.2) is 18.2 Å². The standard InChI is InChI=1S/C16H25NO2/c1-12-11-13(7-8-16(12)19-2)15(18)9-10-17-14-5-3-4-6-14/h7-8,11,14-15,17-18H,3-6,9-10H2,1-2H3. The van der Waals surface area contributed by atoms with Crippen LogP contribution in [-0.4, -0.2) is 24.8 Å². The van der Waals surface area contributed by atoms with Crippen LogP contribution in [0.5, 0.6) is 5.75 Å². The molecule has 1 fully saturated rings. The van der Waals surface area contributed by atoms with Crippen molar-refractivity contribution in [3.63, 3.8) is 0 Å². The summed E-state index contributed by atoms with van der Waals surface area (Å²) in [7, 11) is 1.67. The van der Waals surface area contributed by atoms with Crippen LogP contribution in [-0.2, 0) is 0 Å². The molecule has 3 heteroatoms. The summed E-state index contributed by atoms with van der Waals surface area (Å²) in [5.41, 5.74) is 2.05. The fourth-order valence-corrected chi connectivity index (χ4v) is 2.83. The number of hydrogen-bond acceptors (Lipinski definition) is 3. The van der Waals surface area contributed by atoms with E-state index in [9.17, 15) is 5.11 Å². The zero-order valence-electron chi connectivity index (χ0n) is 12.0. The van der Waals surface area contributed by atoms with Gasteiger partial charge in [0.1, 0.15) is 5.75 Å². The van der Waals surface area contributed by atoms with Crippen LogP contribution < -0.4 is 10.1 Å². The van der Waals surface area contributed by atoms with Gasteiger partial charge < -0.3 is 15.2 Å². The second-order valence-corrected chi connectivity index (χ2v) is 5.47. The summed E-state index contributed by atoms with van der Waals surface area (Å²) in [6, 6.07) is 6.56. The van der Waals surface area contributed by atoms with Crippen molar-refractivity contribution < 1.29 is 9.84 Å². The Morgan fingerprint density at radius 3 is 2.74 bits per heavy atom. The van der Waals surface area contributed by atoms with Gasteiger partial charge in [0.25, 0.3) is 0 Å². The number of aliphatic hydroxyl groups excluding tert-OH is 1. The van der Waals surface area contributed by atoms with Gasteiger partial charge in [-0.3, -0.25) is 0 Å². The Morgan fingerprint density at radius 1 is 1.37 bits per heavy atom. The SMILES string of the molecule is COc1ccc(C(O)CCNC2CCCC2)cc1C. The molecule has 3 nitrogen and oxygen atoms in total. The topological polar surface area (TPSA) is 41.5 Å². The predicted octanol–water partition coefficient (Wildman–Crippen LogP) is 2.96. The van der Waals surface area contributed by atoms with Crippen molar-refractivity contribution in [2.24, 2.45) is 0 Å². The number of aliphatic hydroxyl groups is 1. The molecule has 1 aromatic rings. The number of benzene rings is 1. The smallest absolute Gasteiger partial charge is 0.121 e. The van der Waals surface area contributed by atoms with Gasteiger partial charge in [0.2, 0.25) is 0 Å². The third-order valence-electron chi connectivity index (χ3n) is 4.01. The summed E-state index contributed by atoms with van der Waals surface area (Å²) in [4.78, 5) is 0. The Labute approximate surface area is 116 Å². The molecule has 1 aliphatic carbocycles. The van der Waals surface area contributed by atoms with Gasteiger partial charge in [-0.25, -0.2) is 0 Å². The van der Waals surface area contributed by atoms with E-state index in [0.717, 1.165) is 29.8 Å². The highest BCUT2D eigenvalue weighted by molar-refractivity contribution is 5.36. The first-order valence-corrected chi connectivity index (χ1v) is 7.26. The van der Waals surface area contributed by atoms with E-state index in [0.29, 0.717) is 6.04 Å². The predicted molar refractivity (Wildman–Crippen MR) is 77.6 cm³/mol. The van der Waals surface area contributed by atoms with Crippen LogP contribution in [0.25, 0.3) is 0 Å². The quantitative estimate of drug-likeness (QED) is 0.829. The van der Waals surface area contributed by atoms with E-state index in [1.54, 1.807) is 7.11 Å². The third-order valence-corrected chi connectivity index (χ3v) is 4.01. The molecule has 0 heterocycles. The molecular weight excluding hydrogens is 238 g/mol. The molecule has 1 saturated carbocycles. The zero-order valence-corrected chi connectivity index (χ0v) is 12.0. The number of nitrogens with one attached hydrogen (secondary N) is 1. The molecule has 2 N–H and O–H groups in total. The summed E-state index contributed by atoms with van der Waals surface area (Å²) in [5, 5.41) is 13.7. The highest BCUT2D eigenvalue weighted by atomic mass is 16.5. The fraction of sp³-hybridized carbons (Fsp3) is 0.625. The van der Waals surface area contributed by atoms with Crippen molar-refractivity contribution in [3.8, 4) is 5.75 Å². The Hall–Kier alpha value is -1.06. The lowest BCUT2D eigenvalue weighted by Gasteiger charge is -2.16. The molecule has 0 bridgehead atoms. The summed E-state index contributed by atoms with van der Waals surface area (Å²) in [6.07, 6.45) is 5.64. The van der Waals surface area contributed by atoms with Crippen molar-refractivity contribution in [1.82, 2.24) is 5.32 Å². The minimum atomic E-state index is -0.390. The van der Waals surface area contributed by atoms with Gasteiger partial charge in [0, 0.05) is 6.04 Å². The summed E-state index contributed by atoms with van der Waals surface area (Å²) in [6.45, 7) is 2.89. The van der Waals surface area contributed by atoms with Gasteiger partial charge >= 0.3 is 0 Å². The Morgan fingerprint density at radius 2 is 2.11 bits per heavy atom. The lowest BCUT2D eigenvalue weighted by Crippen LogP contribution is -2.27. The fourth-order valence-electron chi connectivity index (χ4n) is 2.83. The molecular formula is C16H25NO2. The number of hydrogen-bond donors (Lipinski definition) is 2. The minimum absolute atomic E-state index is 0.390. The van der Waals surface area contributed by atoms with Crippen molar-refractivity contribution in [3.05, 3.63) is 29.3 Å². The molecule has 2 rings (SSSR count). The maximum absolute atomic E-state index is 10.2. The number of methoxy groups -OCH3 is 1. The van der Waals surface area contributed by atoms with Gasteiger partial charge in [-0.2, -0.15) is 0 Å².